The summed E-state index contributed by atoms with van der Waals surface area (Å²) in [5.74, 6) is 0.173. The van der Waals surface area contributed by atoms with E-state index in [9.17, 15) is 9.59 Å². The molecule has 0 aliphatic carbocycles. The predicted molar refractivity (Wildman–Crippen MR) is 92.1 cm³/mol. The van der Waals surface area contributed by atoms with Gasteiger partial charge in [0.1, 0.15) is 0 Å². The van der Waals surface area contributed by atoms with Crippen LogP contribution in [0.2, 0.25) is 0 Å². The van der Waals surface area contributed by atoms with Gasteiger partial charge in [-0.1, -0.05) is 0 Å². The second-order valence-electron chi connectivity index (χ2n) is 6.90. The van der Waals surface area contributed by atoms with Crippen molar-refractivity contribution in [3.05, 3.63) is 29.3 Å². The Kier molecular flexibility index (Phi) is 4.24. The Balaban J connectivity index is 1.43. The number of nitrogens with one attached hydrogen (secondary N) is 2. The molecule has 3 heterocycles. The summed E-state index contributed by atoms with van der Waals surface area (Å²) in [5, 5.41) is 6.25. The maximum Gasteiger partial charge on any atom is 0.253 e. The van der Waals surface area contributed by atoms with E-state index in [4.69, 9.17) is 0 Å². The number of amides is 2. The fourth-order valence-corrected chi connectivity index (χ4v) is 3.97. The molecule has 1 atom stereocenters. The molecule has 0 bridgehead atoms. The van der Waals surface area contributed by atoms with Crippen molar-refractivity contribution in [1.29, 1.82) is 0 Å². The van der Waals surface area contributed by atoms with Crippen LogP contribution in [0.25, 0.3) is 0 Å². The maximum absolute atomic E-state index is 12.8. The lowest BCUT2D eigenvalue weighted by molar-refractivity contribution is -0.116. The monoisotopic (exact) mass is 328 g/mol. The molecular weight excluding hydrogens is 304 g/mol. The van der Waals surface area contributed by atoms with Gasteiger partial charge in [-0.15, -0.1) is 0 Å². The lowest BCUT2D eigenvalue weighted by Crippen LogP contribution is -2.49. The van der Waals surface area contributed by atoms with Gasteiger partial charge in [0.15, 0.2) is 0 Å². The number of fused-ring (bicyclic) bond motifs is 1. The number of benzene rings is 1. The van der Waals surface area contributed by atoms with Gasteiger partial charge in [0, 0.05) is 63.0 Å². The molecule has 0 saturated carbocycles. The Labute approximate surface area is 142 Å². The number of hydrogen-bond acceptors (Lipinski definition) is 4. The average Bonchev–Trinajstić information content (AvgIpc) is 3.11. The van der Waals surface area contributed by atoms with Gasteiger partial charge in [-0.3, -0.25) is 14.5 Å². The van der Waals surface area contributed by atoms with Crippen LogP contribution in [0, 0.1) is 0 Å². The maximum atomic E-state index is 12.8. The molecule has 128 valence electrons. The first-order chi connectivity index (χ1) is 11.7. The summed E-state index contributed by atoms with van der Waals surface area (Å²) in [4.78, 5) is 28.8. The second-order valence-corrected chi connectivity index (χ2v) is 6.90. The molecule has 2 N–H and O–H groups in total. The van der Waals surface area contributed by atoms with Crippen molar-refractivity contribution in [3.63, 3.8) is 0 Å². The van der Waals surface area contributed by atoms with Crippen LogP contribution in [0.4, 0.5) is 5.69 Å². The average molecular weight is 328 g/mol. The van der Waals surface area contributed by atoms with E-state index in [1.165, 1.54) is 0 Å². The predicted octanol–water partition coefficient (Wildman–Crippen LogP) is 0.691. The number of likely N-dealkylation sites (tertiary alicyclic amines) is 1. The van der Waals surface area contributed by atoms with Crippen LogP contribution in [-0.2, 0) is 11.2 Å². The molecule has 24 heavy (non-hydrogen) atoms. The Morgan fingerprint density at radius 1 is 1.12 bits per heavy atom. The van der Waals surface area contributed by atoms with Crippen LogP contribution < -0.4 is 10.6 Å². The van der Waals surface area contributed by atoms with E-state index < -0.39 is 0 Å². The van der Waals surface area contributed by atoms with Gasteiger partial charge in [0.05, 0.1) is 0 Å². The van der Waals surface area contributed by atoms with Crippen molar-refractivity contribution in [2.24, 2.45) is 0 Å². The molecule has 2 fully saturated rings. The smallest absolute Gasteiger partial charge is 0.253 e. The summed E-state index contributed by atoms with van der Waals surface area (Å²) < 4.78 is 0. The van der Waals surface area contributed by atoms with Crippen LogP contribution in [0.15, 0.2) is 18.2 Å². The standard InChI is InChI=1S/C18H24N4O2/c23-17-4-2-13-11-14(1-3-16(13)20-17)18(24)22-8-5-15(12-22)21-9-6-19-7-10-21/h1,3,11,15,19H,2,4-10,12H2,(H,20,23). The van der Waals surface area contributed by atoms with Gasteiger partial charge in [-0.05, 0) is 36.6 Å². The fourth-order valence-electron chi connectivity index (χ4n) is 3.97. The third kappa shape index (κ3) is 3.03. The molecule has 1 aromatic carbocycles. The minimum absolute atomic E-state index is 0.0555. The van der Waals surface area contributed by atoms with Crippen LogP contribution in [0.1, 0.15) is 28.8 Å². The van der Waals surface area contributed by atoms with E-state index in [1.807, 2.05) is 23.1 Å². The highest BCUT2D eigenvalue weighted by atomic mass is 16.2. The van der Waals surface area contributed by atoms with E-state index >= 15 is 0 Å². The number of rotatable bonds is 2. The SMILES string of the molecule is O=C1CCc2cc(C(=O)N3CCC(N4CCNCC4)C3)ccc2N1. The molecule has 1 aromatic rings. The van der Waals surface area contributed by atoms with Gasteiger partial charge in [-0.25, -0.2) is 0 Å². The zero-order valence-electron chi connectivity index (χ0n) is 13.9. The van der Waals surface area contributed by atoms with E-state index in [2.05, 4.69) is 15.5 Å². The zero-order chi connectivity index (χ0) is 16.5. The van der Waals surface area contributed by atoms with Crippen LogP contribution in [-0.4, -0.2) is 66.9 Å². The Bertz CT molecular complexity index is 654. The molecule has 6 heteroatoms. The van der Waals surface area contributed by atoms with Crippen molar-refractivity contribution in [2.75, 3.05) is 44.6 Å². The highest BCUT2D eigenvalue weighted by Crippen LogP contribution is 2.25. The number of nitrogens with zero attached hydrogens (tertiary/aromatic N) is 2. The topological polar surface area (TPSA) is 64.7 Å². The molecule has 3 aliphatic rings. The van der Waals surface area contributed by atoms with E-state index in [0.717, 1.165) is 62.5 Å². The Morgan fingerprint density at radius 3 is 2.79 bits per heavy atom. The minimum Gasteiger partial charge on any atom is -0.337 e. The zero-order valence-corrected chi connectivity index (χ0v) is 13.9. The van der Waals surface area contributed by atoms with Gasteiger partial charge in [-0.2, -0.15) is 0 Å². The van der Waals surface area contributed by atoms with Gasteiger partial charge < -0.3 is 15.5 Å². The van der Waals surface area contributed by atoms with Crippen molar-refractivity contribution < 1.29 is 9.59 Å². The normalized spacial score (nSPS) is 24.6. The Morgan fingerprint density at radius 2 is 1.96 bits per heavy atom. The van der Waals surface area contributed by atoms with E-state index in [1.54, 1.807) is 0 Å². The Hall–Kier alpha value is -1.92. The molecule has 0 radical (unpaired) electrons. The summed E-state index contributed by atoms with van der Waals surface area (Å²) in [6, 6.07) is 6.15. The van der Waals surface area contributed by atoms with Crippen LogP contribution >= 0.6 is 0 Å². The number of hydrogen-bond donors (Lipinski definition) is 2. The number of carbonyl (C=O) groups excluding carboxylic acids is 2. The molecule has 0 aromatic heterocycles. The second kappa shape index (κ2) is 6.53. The lowest BCUT2D eigenvalue weighted by atomic mass is 10.00. The molecule has 4 rings (SSSR count). The molecular formula is C18H24N4O2. The largest absolute Gasteiger partial charge is 0.337 e. The number of piperazine rings is 1. The number of anilines is 1. The molecule has 0 spiro atoms. The first kappa shape index (κ1) is 15.6. The molecule has 2 amide bonds. The highest BCUT2D eigenvalue weighted by molar-refractivity contribution is 5.98. The summed E-state index contributed by atoms with van der Waals surface area (Å²) in [7, 11) is 0. The van der Waals surface area contributed by atoms with Crippen molar-refractivity contribution in [2.45, 2.75) is 25.3 Å². The third-order valence-electron chi connectivity index (χ3n) is 5.37. The number of aryl methyl sites for hydroxylation is 1. The lowest BCUT2D eigenvalue weighted by Gasteiger charge is -2.32. The van der Waals surface area contributed by atoms with Crippen LogP contribution in [0.3, 0.4) is 0 Å². The molecule has 2 saturated heterocycles. The van der Waals surface area contributed by atoms with Crippen molar-refractivity contribution in [1.82, 2.24) is 15.1 Å². The summed E-state index contributed by atoms with van der Waals surface area (Å²) in [5.41, 5.74) is 2.66. The molecule has 1 unspecified atom stereocenters. The summed E-state index contributed by atoms with van der Waals surface area (Å²) in [6.07, 6.45) is 2.28. The van der Waals surface area contributed by atoms with Crippen molar-refractivity contribution >= 4 is 17.5 Å². The van der Waals surface area contributed by atoms with Crippen molar-refractivity contribution in [3.8, 4) is 0 Å². The fraction of sp³-hybridized carbons (Fsp3) is 0.556. The van der Waals surface area contributed by atoms with Gasteiger partial charge >= 0.3 is 0 Å². The quantitative estimate of drug-likeness (QED) is 0.838. The summed E-state index contributed by atoms with van der Waals surface area (Å²) >= 11 is 0. The number of carbonyl (C=O) groups is 2. The molecule has 6 nitrogen and oxygen atoms in total. The summed E-state index contributed by atoms with van der Waals surface area (Å²) in [6.45, 7) is 5.90. The third-order valence-corrected chi connectivity index (χ3v) is 5.37. The van der Waals surface area contributed by atoms with Gasteiger partial charge in [0.2, 0.25) is 5.91 Å². The van der Waals surface area contributed by atoms with E-state index in [0.29, 0.717) is 18.9 Å². The molecule has 3 aliphatic heterocycles. The first-order valence-electron chi connectivity index (χ1n) is 8.87. The highest BCUT2D eigenvalue weighted by Gasteiger charge is 2.31. The van der Waals surface area contributed by atoms with Gasteiger partial charge in [0.25, 0.3) is 5.91 Å². The van der Waals surface area contributed by atoms with E-state index in [-0.39, 0.29) is 11.8 Å². The minimum atomic E-state index is 0.0555. The first-order valence-corrected chi connectivity index (χ1v) is 8.87. The van der Waals surface area contributed by atoms with Crippen LogP contribution in [0.5, 0.6) is 0 Å².